The molecule has 0 atom stereocenters. The molecule has 57 heavy (non-hydrogen) atoms. The molecule has 0 unspecified atom stereocenters. The molecule has 7 nitrogen and oxygen atoms in total. The third-order valence-electron chi connectivity index (χ3n) is 9.81. The number of rotatable bonds is 9. The van der Waals surface area contributed by atoms with Crippen molar-refractivity contribution in [2.75, 3.05) is 0 Å². The van der Waals surface area contributed by atoms with Gasteiger partial charge in [-0.2, -0.15) is 83.6 Å². The molecule has 8 rings (SSSR count). The van der Waals surface area contributed by atoms with Crippen LogP contribution in [0.1, 0.15) is 76.8 Å². The van der Waals surface area contributed by atoms with Crippen molar-refractivity contribution in [2.45, 2.75) is 84.3 Å². The van der Waals surface area contributed by atoms with Crippen molar-refractivity contribution in [1.82, 2.24) is 34.9 Å². The van der Waals surface area contributed by atoms with Gasteiger partial charge in [0.1, 0.15) is 0 Å². The molecule has 11 heteroatoms. The number of hydrogen-bond donors (Lipinski definition) is 0. The molecular weight excluding hydrogens is 1020 g/mol. The molecule has 0 aliphatic heterocycles. The minimum Gasteiger partial charge on any atom is -0.326 e. The van der Waals surface area contributed by atoms with Crippen molar-refractivity contribution in [3.63, 3.8) is 0 Å². The summed E-state index contributed by atoms with van der Waals surface area (Å²) in [6.07, 6.45) is 3.68. The molecule has 0 radical (unpaired) electrons. The fourth-order valence-corrected chi connectivity index (χ4v) is 8.14. The van der Waals surface area contributed by atoms with E-state index in [1.807, 2.05) is 62.0 Å². The van der Waals surface area contributed by atoms with E-state index in [-0.39, 0.29) is 57.7 Å². The summed E-state index contributed by atoms with van der Waals surface area (Å²) in [4.78, 5) is 13.1. The van der Waals surface area contributed by atoms with Gasteiger partial charge in [-0.1, -0.05) is 71.6 Å². The summed E-state index contributed by atoms with van der Waals surface area (Å²) >= 11 is 3.23. The molecule has 4 aromatic carbocycles. The van der Waals surface area contributed by atoms with Gasteiger partial charge in [-0.05, 0) is 24.3 Å². The van der Waals surface area contributed by atoms with Crippen LogP contribution < -0.4 is 0 Å². The first-order valence-corrected chi connectivity index (χ1v) is 19.8. The average molecular weight is 1060 g/mol. The molecule has 8 aromatic rings. The van der Waals surface area contributed by atoms with Crippen LogP contribution >= 0.6 is 23.5 Å². The van der Waals surface area contributed by atoms with Gasteiger partial charge in [0.25, 0.3) is 5.95 Å². The van der Waals surface area contributed by atoms with E-state index in [2.05, 4.69) is 155 Å². The minimum atomic E-state index is -0.311. The summed E-state index contributed by atoms with van der Waals surface area (Å²) < 4.78 is 1.97. The summed E-state index contributed by atoms with van der Waals surface area (Å²) in [5.41, 5.74) is 4.86. The summed E-state index contributed by atoms with van der Waals surface area (Å²) in [6.45, 7) is 14.9. The first-order valence-electron chi connectivity index (χ1n) is 18.1. The zero-order valence-electron chi connectivity index (χ0n) is 32.5. The summed E-state index contributed by atoms with van der Waals surface area (Å²) in [5, 5.41) is 20.3. The third-order valence-corrected chi connectivity index (χ3v) is 11.6. The van der Waals surface area contributed by atoms with Gasteiger partial charge in [0.2, 0.25) is 0 Å². The smallest absolute Gasteiger partial charge is 0.326 e. The minimum absolute atomic E-state index is 0. The molecule has 4 aromatic heterocycles. The van der Waals surface area contributed by atoms with Crippen LogP contribution in [0.5, 0.6) is 0 Å². The Kier molecular flexibility index (Phi) is 12.7. The first-order chi connectivity index (χ1) is 26.4. The second kappa shape index (κ2) is 17.1. The van der Waals surface area contributed by atoms with Gasteiger partial charge in [-0.15, -0.1) is 86.8 Å². The van der Waals surface area contributed by atoms with E-state index in [0.717, 1.165) is 63.9 Å². The molecular formula is C46H39N7PdPtS2. The van der Waals surface area contributed by atoms with Crippen molar-refractivity contribution < 1.29 is 41.5 Å². The Morgan fingerprint density at radius 1 is 0.491 bits per heavy atom. The van der Waals surface area contributed by atoms with E-state index >= 15 is 0 Å². The van der Waals surface area contributed by atoms with E-state index in [4.69, 9.17) is 0 Å². The van der Waals surface area contributed by atoms with Crippen molar-refractivity contribution in [1.29, 1.82) is 0 Å². The number of pyridine rings is 2. The number of benzene rings is 4. The van der Waals surface area contributed by atoms with Gasteiger partial charge >= 0.3 is 41.5 Å². The Labute approximate surface area is 371 Å². The number of nitrogens with zero attached hydrogens (tertiary/aromatic N) is 7. The number of hydrogen-bond acceptors (Lipinski definition) is 8. The van der Waals surface area contributed by atoms with Crippen LogP contribution in [-0.4, -0.2) is 34.9 Å². The van der Waals surface area contributed by atoms with E-state index < -0.39 is 0 Å². The van der Waals surface area contributed by atoms with Crippen molar-refractivity contribution >= 4 is 45.3 Å². The van der Waals surface area contributed by atoms with E-state index in [1.54, 1.807) is 23.5 Å². The number of aromatic nitrogens is 7. The topological polar surface area (TPSA) is 82.3 Å². The molecule has 0 aliphatic carbocycles. The van der Waals surface area contributed by atoms with Crippen molar-refractivity contribution in [3.8, 4) is 5.95 Å². The van der Waals surface area contributed by atoms with Crippen LogP contribution in [0.2, 0.25) is 0 Å². The van der Waals surface area contributed by atoms with Crippen LogP contribution in [0, 0.1) is 24.3 Å². The molecule has 0 aliphatic rings. The normalized spacial score (nSPS) is 12.0. The maximum Gasteiger partial charge on any atom is 2.00 e. The number of fused-ring (bicyclic) bond motifs is 3. The van der Waals surface area contributed by atoms with E-state index in [1.165, 1.54) is 0 Å². The average Bonchev–Trinajstić information content (AvgIpc) is 3.51. The second-order valence-corrected chi connectivity index (χ2v) is 17.7. The summed E-state index contributed by atoms with van der Waals surface area (Å²) in [6, 6.07) is 47.8. The Morgan fingerprint density at radius 2 is 0.930 bits per heavy atom. The fraction of sp³-hybridized carbons (Fsp3) is 0.217. The SMILES string of the molecule is CC(C)(C)c1nnc(-n2c3[c-]c(Sc4[c-]c(C(C)(C)c5ccccn5)ccc4)ccc3c3ccc(Sc4[c-]c(C(C)(C)c5ccccn5)ccc4)[c-]c32)nn1.[Pd+2].[Pt+2]. The van der Waals surface area contributed by atoms with Gasteiger partial charge in [-0.25, -0.2) is 0 Å². The third kappa shape index (κ3) is 8.72. The van der Waals surface area contributed by atoms with Gasteiger partial charge in [0.15, 0.2) is 5.82 Å². The Hall–Kier alpha value is -4.03. The van der Waals surface area contributed by atoms with Crippen LogP contribution in [0.3, 0.4) is 0 Å². The Morgan fingerprint density at radius 3 is 1.33 bits per heavy atom. The quantitative estimate of drug-likeness (QED) is 0.104. The molecule has 4 heterocycles. The summed E-state index contributed by atoms with van der Waals surface area (Å²) in [5.74, 6) is 0.937. The van der Waals surface area contributed by atoms with Gasteiger partial charge in [0.05, 0.1) is 0 Å². The first kappa shape index (κ1) is 42.6. The molecule has 0 amide bonds. The molecule has 0 spiro atoms. The molecule has 0 saturated carbocycles. The monoisotopic (exact) mass is 1050 g/mol. The van der Waals surface area contributed by atoms with E-state index in [0.29, 0.717) is 11.8 Å². The van der Waals surface area contributed by atoms with Crippen LogP contribution in [0.4, 0.5) is 0 Å². The van der Waals surface area contributed by atoms with Crippen molar-refractivity contribution in [3.05, 3.63) is 162 Å². The fourth-order valence-electron chi connectivity index (χ4n) is 6.48. The standard InChI is InChI=1S/C46H39N7S2.Pd.Pt/c1-44(2,3)42-49-51-43(52-50-42)53-38-28-34(54-32-16-12-14-30(26-32)45(4,5)40-18-8-10-24-47-40)20-22-36(38)37-23-21-35(29-39(37)53)55-33-17-13-15-31(27-33)46(6,7)41-19-9-11-25-48-41;;/h8-25H,1-7H3;;/q-4;2*+2. The van der Waals surface area contributed by atoms with Gasteiger partial charge in [0, 0.05) is 40.0 Å². The van der Waals surface area contributed by atoms with Crippen LogP contribution in [0.25, 0.3) is 27.8 Å². The molecule has 0 fully saturated rings. The maximum absolute atomic E-state index is 4.64. The van der Waals surface area contributed by atoms with E-state index in [9.17, 15) is 0 Å². The second-order valence-electron chi connectivity index (χ2n) is 15.5. The largest absolute Gasteiger partial charge is 2.00 e. The van der Waals surface area contributed by atoms with Gasteiger partial charge in [-0.3, -0.25) is 9.97 Å². The zero-order chi connectivity index (χ0) is 38.4. The predicted molar refractivity (Wildman–Crippen MR) is 220 cm³/mol. The molecule has 0 N–H and O–H groups in total. The molecule has 0 saturated heterocycles. The predicted octanol–water partition coefficient (Wildman–Crippen LogP) is 10.6. The molecule has 290 valence electrons. The Bertz CT molecular complexity index is 2490. The van der Waals surface area contributed by atoms with Crippen LogP contribution in [-0.2, 0) is 57.7 Å². The maximum atomic E-state index is 4.64. The van der Waals surface area contributed by atoms with Crippen LogP contribution in [0.15, 0.2) is 129 Å². The zero-order valence-corrected chi connectivity index (χ0v) is 37.9. The molecule has 0 bridgehead atoms. The van der Waals surface area contributed by atoms with Crippen molar-refractivity contribution in [2.24, 2.45) is 0 Å². The van der Waals surface area contributed by atoms with Gasteiger partial charge < -0.3 is 4.57 Å². The summed E-state index contributed by atoms with van der Waals surface area (Å²) in [7, 11) is 0. The Balaban J connectivity index is 0.00000275.